The molecule has 0 fully saturated rings. The monoisotopic (exact) mass is 470 g/mol. The summed E-state index contributed by atoms with van der Waals surface area (Å²) in [6.07, 6.45) is 7.69. The number of benzene rings is 3. The van der Waals surface area contributed by atoms with Crippen molar-refractivity contribution in [2.24, 2.45) is 0 Å². The summed E-state index contributed by atoms with van der Waals surface area (Å²) in [6, 6.07) is 24.6. The molecule has 0 saturated heterocycles. The molecule has 7 rings (SSSR count). The Morgan fingerprint density at radius 2 is 1.22 bits per heavy atom. The molecule has 7 aromatic rings. The normalized spacial score (nSPS) is 11.7. The van der Waals surface area contributed by atoms with Crippen LogP contribution in [-0.2, 0) is 6.61 Å². The summed E-state index contributed by atoms with van der Waals surface area (Å²) >= 11 is 0. The number of rotatable bonds is 4. The van der Waals surface area contributed by atoms with Crippen molar-refractivity contribution in [1.82, 2.24) is 19.1 Å². The van der Waals surface area contributed by atoms with Crippen molar-refractivity contribution in [3.8, 4) is 17.1 Å². The molecule has 0 aliphatic rings. The highest BCUT2D eigenvalue weighted by Crippen LogP contribution is 2.35. The van der Waals surface area contributed by atoms with Gasteiger partial charge in [-0.1, -0.05) is 30.3 Å². The van der Waals surface area contributed by atoms with Gasteiger partial charge in [0.15, 0.2) is 0 Å². The Hall–Kier alpha value is -4.68. The van der Waals surface area contributed by atoms with Crippen molar-refractivity contribution in [2.45, 2.75) is 6.61 Å². The summed E-state index contributed by atoms with van der Waals surface area (Å²) in [5.41, 5.74) is 6.69. The predicted octanol–water partition coefficient (Wildman–Crippen LogP) is 6.17. The Morgan fingerprint density at radius 1 is 0.667 bits per heavy atom. The molecular formula is C30H22N4O2. The minimum absolute atomic E-state index is 0.0152. The number of hydrogen-bond acceptors (Lipinski definition) is 4. The highest BCUT2D eigenvalue weighted by molar-refractivity contribution is 6.09. The Kier molecular flexibility index (Phi) is 4.56. The number of fused-ring (bicyclic) bond motifs is 5. The summed E-state index contributed by atoms with van der Waals surface area (Å²) < 4.78 is 9.94. The predicted molar refractivity (Wildman–Crippen MR) is 143 cm³/mol. The maximum absolute atomic E-state index is 9.94. The van der Waals surface area contributed by atoms with Crippen molar-refractivity contribution < 1.29 is 9.84 Å². The average molecular weight is 471 g/mol. The van der Waals surface area contributed by atoms with E-state index in [2.05, 4.69) is 39.5 Å². The van der Waals surface area contributed by atoms with Crippen LogP contribution in [-0.4, -0.2) is 31.3 Å². The van der Waals surface area contributed by atoms with Crippen LogP contribution in [0.5, 0.6) is 5.75 Å². The fourth-order valence-electron chi connectivity index (χ4n) is 5.30. The van der Waals surface area contributed by atoms with E-state index in [0.29, 0.717) is 0 Å². The van der Waals surface area contributed by atoms with Crippen LogP contribution in [0.4, 0.5) is 0 Å². The van der Waals surface area contributed by atoms with E-state index in [0.717, 1.165) is 66.3 Å². The first-order valence-corrected chi connectivity index (χ1v) is 11.8. The molecule has 0 aliphatic carbocycles. The van der Waals surface area contributed by atoms with Crippen LogP contribution in [0.25, 0.3) is 55.0 Å². The van der Waals surface area contributed by atoms with Crippen molar-refractivity contribution in [3.63, 3.8) is 0 Å². The molecule has 6 heteroatoms. The Bertz CT molecular complexity index is 1790. The molecular weight excluding hydrogens is 448 g/mol. The molecule has 3 aromatic carbocycles. The zero-order chi connectivity index (χ0) is 24.2. The van der Waals surface area contributed by atoms with Crippen molar-refractivity contribution in [2.75, 3.05) is 7.11 Å². The third-order valence-corrected chi connectivity index (χ3v) is 6.95. The van der Waals surface area contributed by atoms with Gasteiger partial charge in [0.25, 0.3) is 0 Å². The fourth-order valence-corrected chi connectivity index (χ4v) is 5.30. The molecule has 4 heterocycles. The van der Waals surface area contributed by atoms with Crippen molar-refractivity contribution in [1.29, 1.82) is 0 Å². The Labute approximate surface area is 206 Å². The maximum atomic E-state index is 9.94. The van der Waals surface area contributed by atoms with Gasteiger partial charge < -0.3 is 19.0 Å². The second-order valence-corrected chi connectivity index (χ2v) is 8.80. The molecule has 6 nitrogen and oxygen atoms in total. The van der Waals surface area contributed by atoms with Crippen LogP contribution in [0.1, 0.15) is 5.56 Å². The quantitative estimate of drug-likeness (QED) is 0.312. The molecule has 0 amide bonds. The highest BCUT2D eigenvalue weighted by Gasteiger charge is 2.16. The van der Waals surface area contributed by atoms with Crippen LogP contribution in [0.3, 0.4) is 0 Å². The lowest BCUT2D eigenvalue weighted by Crippen LogP contribution is -1.98. The van der Waals surface area contributed by atoms with Gasteiger partial charge in [-0.05, 0) is 42.5 Å². The first-order chi connectivity index (χ1) is 17.8. The lowest BCUT2D eigenvalue weighted by molar-refractivity contribution is 0.283. The maximum Gasteiger partial charge on any atom is 0.144 e. The minimum Gasteiger partial charge on any atom is -0.494 e. The van der Waals surface area contributed by atoms with E-state index in [1.165, 1.54) is 0 Å². The molecule has 0 unspecified atom stereocenters. The zero-order valence-corrected chi connectivity index (χ0v) is 19.6. The summed E-state index contributed by atoms with van der Waals surface area (Å²) in [4.78, 5) is 9.53. The van der Waals surface area contributed by atoms with Crippen LogP contribution >= 0.6 is 0 Å². The zero-order valence-electron chi connectivity index (χ0n) is 19.6. The number of nitrogens with zero attached hydrogens (tertiary/aromatic N) is 4. The Balaban J connectivity index is 1.50. The van der Waals surface area contributed by atoms with Crippen LogP contribution in [0.2, 0.25) is 0 Å². The van der Waals surface area contributed by atoms with Crippen LogP contribution in [0, 0.1) is 0 Å². The standard InChI is InChI=1S/C30H22N4O2/c1-36-28-17-34(25-9-5-3-7-21(25)28)27-13-15-32-30-23(27)11-10-22-26(12-14-31-29(22)30)33-16-19(18-35)20-6-2-4-8-24(20)33/h2-17,35H,18H2,1H3. The molecule has 174 valence electrons. The fraction of sp³-hybridized carbons (Fsp3) is 0.0667. The lowest BCUT2D eigenvalue weighted by Gasteiger charge is -2.13. The summed E-state index contributed by atoms with van der Waals surface area (Å²) in [6.45, 7) is -0.0152. The molecule has 0 atom stereocenters. The first kappa shape index (κ1) is 20.7. The number of aromatic nitrogens is 4. The van der Waals surface area contributed by atoms with E-state index < -0.39 is 0 Å². The molecule has 0 saturated carbocycles. The number of para-hydroxylation sites is 2. The van der Waals surface area contributed by atoms with Gasteiger partial charge in [0.05, 0.1) is 53.4 Å². The third-order valence-electron chi connectivity index (χ3n) is 6.95. The van der Waals surface area contributed by atoms with Gasteiger partial charge in [-0.25, -0.2) is 0 Å². The number of ether oxygens (including phenoxy) is 1. The van der Waals surface area contributed by atoms with Gasteiger partial charge >= 0.3 is 0 Å². The van der Waals surface area contributed by atoms with E-state index in [9.17, 15) is 5.11 Å². The average Bonchev–Trinajstić information content (AvgIpc) is 3.51. The van der Waals surface area contributed by atoms with Gasteiger partial charge in [-0.15, -0.1) is 0 Å². The van der Waals surface area contributed by atoms with E-state index in [1.807, 2.05) is 67.3 Å². The largest absolute Gasteiger partial charge is 0.494 e. The van der Waals surface area contributed by atoms with Crippen molar-refractivity contribution >= 4 is 43.6 Å². The van der Waals surface area contributed by atoms with E-state index in [4.69, 9.17) is 14.7 Å². The lowest BCUT2D eigenvalue weighted by atomic mass is 10.1. The number of hydrogen-bond donors (Lipinski definition) is 1. The second-order valence-electron chi connectivity index (χ2n) is 8.80. The number of aliphatic hydroxyl groups excluding tert-OH is 1. The number of aliphatic hydroxyl groups is 1. The molecule has 0 radical (unpaired) electrons. The van der Waals surface area contributed by atoms with Gasteiger partial charge in [-0.3, -0.25) is 9.97 Å². The van der Waals surface area contributed by atoms with E-state index in [-0.39, 0.29) is 6.61 Å². The third kappa shape index (κ3) is 2.88. The summed E-state index contributed by atoms with van der Waals surface area (Å²) in [5, 5.41) is 14.0. The van der Waals surface area contributed by atoms with E-state index >= 15 is 0 Å². The highest BCUT2D eigenvalue weighted by atomic mass is 16.5. The smallest absolute Gasteiger partial charge is 0.144 e. The Morgan fingerprint density at radius 3 is 1.83 bits per heavy atom. The van der Waals surface area contributed by atoms with Gasteiger partial charge in [-0.2, -0.15) is 0 Å². The van der Waals surface area contributed by atoms with Gasteiger partial charge in [0.2, 0.25) is 0 Å². The van der Waals surface area contributed by atoms with Crippen molar-refractivity contribution in [3.05, 3.63) is 103 Å². The summed E-state index contributed by atoms with van der Waals surface area (Å²) in [5.74, 6) is 0.830. The molecule has 0 spiro atoms. The van der Waals surface area contributed by atoms with Crippen LogP contribution < -0.4 is 4.74 Å². The van der Waals surface area contributed by atoms with E-state index in [1.54, 1.807) is 7.11 Å². The first-order valence-electron chi connectivity index (χ1n) is 11.8. The molecule has 36 heavy (non-hydrogen) atoms. The number of pyridine rings is 2. The minimum atomic E-state index is -0.0152. The molecule has 1 N–H and O–H groups in total. The SMILES string of the molecule is COc1cn(-c2ccnc3c2ccc2c(-n4cc(CO)c5ccccc54)ccnc23)c2ccccc12. The van der Waals surface area contributed by atoms with Gasteiger partial charge in [0, 0.05) is 45.7 Å². The number of methoxy groups -OCH3 is 1. The molecule has 0 aliphatic heterocycles. The topological polar surface area (TPSA) is 65.1 Å². The van der Waals surface area contributed by atoms with Crippen LogP contribution in [0.15, 0.2) is 97.6 Å². The van der Waals surface area contributed by atoms with Gasteiger partial charge in [0.1, 0.15) is 5.75 Å². The molecule has 4 aromatic heterocycles. The summed E-state index contributed by atoms with van der Waals surface area (Å²) in [7, 11) is 1.70. The second kappa shape index (κ2) is 7.93. The molecule has 0 bridgehead atoms.